The fourth-order valence-corrected chi connectivity index (χ4v) is 0.797. The molecular formula is C7H13BNO5. The van der Waals surface area contributed by atoms with E-state index in [9.17, 15) is 9.59 Å². The van der Waals surface area contributed by atoms with Crippen LogP contribution in [0.25, 0.3) is 0 Å². The number of methoxy groups -OCH3 is 1. The van der Waals surface area contributed by atoms with Gasteiger partial charge in [-0.2, -0.15) is 0 Å². The van der Waals surface area contributed by atoms with Gasteiger partial charge in [0.25, 0.3) is 0 Å². The molecule has 0 fully saturated rings. The third-order valence-corrected chi connectivity index (χ3v) is 1.56. The summed E-state index contributed by atoms with van der Waals surface area (Å²) < 4.78 is 9.02. The molecule has 0 bridgehead atoms. The summed E-state index contributed by atoms with van der Waals surface area (Å²) in [4.78, 5) is 21.3. The van der Waals surface area contributed by atoms with Crippen LogP contribution in [0.3, 0.4) is 0 Å². The number of aliphatic carboxylic acids is 1. The Morgan fingerprint density at radius 3 is 2.64 bits per heavy atom. The zero-order valence-corrected chi connectivity index (χ0v) is 7.93. The first-order valence-electron chi connectivity index (χ1n) is 4.06. The molecule has 1 unspecified atom stereocenters. The zero-order valence-electron chi connectivity index (χ0n) is 7.93. The van der Waals surface area contributed by atoms with Crippen LogP contribution in [0.15, 0.2) is 0 Å². The maximum absolute atomic E-state index is 10.7. The smallest absolute Gasteiger partial charge is 0.309 e. The van der Waals surface area contributed by atoms with Crippen LogP contribution >= 0.6 is 0 Å². The topological polar surface area (TPSA) is 98.9 Å². The quantitative estimate of drug-likeness (QED) is 0.323. The highest BCUT2D eigenvalue weighted by molar-refractivity contribution is 6.36. The summed E-state index contributed by atoms with van der Waals surface area (Å²) in [5.41, 5.74) is 5.02. The molecule has 1 radical (unpaired) electrons. The normalized spacial score (nSPS) is 11.9. The molecule has 0 aliphatic rings. The Hall–Kier alpha value is -1.08. The minimum absolute atomic E-state index is 0.0396. The summed E-state index contributed by atoms with van der Waals surface area (Å²) in [5.74, 6) is -2.34. The number of ether oxygens (including phenoxy) is 1. The number of rotatable bonds is 7. The standard InChI is InChI=1S/C7H13BNO5/c1-13-6(10)3-2-5(7(11)12)8-14-4-9/h5H,2-4,9H2,1H3,(H,11,12). The summed E-state index contributed by atoms with van der Waals surface area (Å²) in [7, 11) is 2.36. The molecule has 0 saturated carbocycles. The molecule has 0 aromatic carbocycles. The molecule has 3 N–H and O–H groups in total. The maximum atomic E-state index is 10.7. The molecule has 1 atom stereocenters. The van der Waals surface area contributed by atoms with Gasteiger partial charge in [0.15, 0.2) is 0 Å². The van der Waals surface area contributed by atoms with E-state index in [0.717, 1.165) is 7.48 Å². The van der Waals surface area contributed by atoms with E-state index in [2.05, 4.69) is 9.39 Å². The molecule has 0 rings (SSSR count). The van der Waals surface area contributed by atoms with Crippen LogP contribution in [-0.2, 0) is 19.0 Å². The number of carbonyl (C=O) groups is 2. The molecule has 0 aromatic rings. The van der Waals surface area contributed by atoms with Gasteiger partial charge >= 0.3 is 19.4 Å². The van der Waals surface area contributed by atoms with Gasteiger partial charge in [-0.15, -0.1) is 0 Å². The predicted molar refractivity (Wildman–Crippen MR) is 48.5 cm³/mol. The number of esters is 1. The summed E-state index contributed by atoms with van der Waals surface area (Å²) in [6, 6.07) is 0. The molecule has 0 spiro atoms. The van der Waals surface area contributed by atoms with Crippen LogP contribution in [0, 0.1) is 0 Å². The Labute approximate surface area is 82.6 Å². The van der Waals surface area contributed by atoms with Gasteiger partial charge in [0.2, 0.25) is 0 Å². The largest absolute Gasteiger partial charge is 0.481 e. The van der Waals surface area contributed by atoms with Gasteiger partial charge in [-0.1, -0.05) is 0 Å². The number of carboxylic acid groups (broad SMARTS) is 1. The molecular weight excluding hydrogens is 189 g/mol. The van der Waals surface area contributed by atoms with Crippen LogP contribution in [0.1, 0.15) is 12.8 Å². The molecule has 7 heteroatoms. The fourth-order valence-electron chi connectivity index (χ4n) is 0.797. The Morgan fingerprint density at radius 2 is 2.21 bits per heavy atom. The van der Waals surface area contributed by atoms with E-state index in [-0.39, 0.29) is 19.6 Å². The van der Waals surface area contributed by atoms with E-state index >= 15 is 0 Å². The van der Waals surface area contributed by atoms with Crippen molar-refractivity contribution in [3.63, 3.8) is 0 Å². The number of carboxylic acids is 1. The van der Waals surface area contributed by atoms with Crippen molar-refractivity contribution in [2.24, 2.45) is 5.73 Å². The van der Waals surface area contributed by atoms with Crippen molar-refractivity contribution in [2.45, 2.75) is 18.7 Å². The van der Waals surface area contributed by atoms with Crippen molar-refractivity contribution in [3.05, 3.63) is 0 Å². The van der Waals surface area contributed by atoms with Gasteiger partial charge in [-0.05, 0) is 6.42 Å². The first kappa shape index (κ1) is 12.9. The summed E-state index contributed by atoms with van der Waals surface area (Å²) in [6.07, 6.45) is 0.180. The molecule has 0 aliphatic carbocycles. The van der Waals surface area contributed by atoms with Crippen LogP contribution in [-0.4, -0.2) is 38.4 Å². The third-order valence-electron chi connectivity index (χ3n) is 1.56. The second kappa shape index (κ2) is 7.34. The average Bonchev–Trinajstić information content (AvgIpc) is 2.16. The van der Waals surface area contributed by atoms with E-state index in [1.807, 2.05) is 0 Å². The third kappa shape index (κ3) is 5.55. The Balaban J connectivity index is 3.84. The van der Waals surface area contributed by atoms with Crippen LogP contribution in [0.4, 0.5) is 0 Å². The number of carbonyl (C=O) groups excluding carboxylic acids is 1. The second-order valence-electron chi connectivity index (χ2n) is 2.53. The summed E-state index contributed by atoms with van der Waals surface area (Å²) in [5, 5.41) is 8.68. The van der Waals surface area contributed by atoms with E-state index in [4.69, 9.17) is 10.8 Å². The lowest BCUT2D eigenvalue weighted by Gasteiger charge is -2.08. The highest BCUT2D eigenvalue weighted by Gasteiger charge is 2.21. The summed E-state index contributed by atoms with van der Waals surface area (Å²) >= 11 is 0. The molecule has 0 saturated heterocycles. The Bertz CT molecular complexity index is 199. The highest BCUT2D eigenvalue weighted by atomic mass is 16.5. The molecule has 0 heterocycles. The minimum Gasteiger partial charge on any atom is -0.481 e. The Kier molecular flexibility index (Phi) is 6.78. The lowest BCUT2D eigenvalue weighted by Crippen LogP contribution is -2.21. The van der Waals surface area contributed by atoms with Gasteiger partial charge < -0.3 is 20.2 Å². The molecule has 6 nitrogen and oxygen atoms in total. The van der Waals surface area contributed by atoms with Crippen LogP contribution in [0.2, 0.25) is 5.82 Å². The summed E-state index contributed by atoms with van der Waals surface area (Å²) in [6.45, 7) is -0.0813. The van der Waals surface area contributed by atoms with Crippen LogP contribution < -0.4 is 5.73 Å². The number of hydrogen-bond donors (Lipinski definition) is 2. The first-order valence-corrected chi connectivity index (χ1v) is 4.06. The van der Waals surface area contributed by atoms with E-state index in [0.29, 0.717) is 0 Å². The van der Waals surface area contributed by atoms with Crippen molar-refractivity contribution >= 4 is 19.4 Å². The zero-order chi connectivity index (χ0) is 11.0. The highest BCUT2D eigenvalue weighted by Crippen LogP contribution is 2.12. The number of hydrogen-bond acceptors (Lipinski definition) is 5. The molecule has 79 valence electrons. The predicted octanol–water partition coefficient (Wildman–Crippen LogP) is -0.635. The van der Waals surface area contributed by atoms with Gasteiger partial charge in [0.1, 0.15) is 0 Å². The van der Waals surface area contributed by atoms with Gasteiger partial charge in [-0.3, -0.25) is 9.59 Å². The van der Waals surface area contributed by atoms with Crippen molar-refractivity contribution < 1.29 is 24.1 Å². The minimum atomic E-state index is -1.05. The van der Waals surface area contributed by atoms with Crippen molar-refractivity contribution in [2.75, 3.05) is 13.8 Å². The monoisotopic (exact) mass is 202 g/mol. The van der Waals surface area contributed by atoms with Crippen molar-refractivity contribution in [1.82, 2.24) is 0 Å². The van der Waals surface area contributed by atoms with E-state index in [1.54, 1.807) is 0 Å². The fraction of sp³-hybridized carbons (Fsp3) is 0.714. The van der Waals surface area contributed by atoms with E-state index < -0.39 is 17.8 Å². The molecule has 14 heavy (non-hydrogen) atoms. The lowest BCUT2D eigenvalue weighted by molar-refractivity contribution is -0.141. The molecule has 0 amide bonds. The van der Waals surface area contributed by atoms with Crippen molar-refractivity contribution in [3.8, 4) is 0 Å². The van der Waals surface area contributed by atoms with Crippen molar-refractivity contribution in [1.29, 1.82) is 0 Å². The lowest BCUT2D eigenvalue weighted by atomic mass is 9.77. The van der Waals surface area contributed by atoms with Crippen LogP contribution in [0.5, 0.6) is 0 Å². The SMILES string of the molecule is COC(=O)CCC([B]OCN)C(=O)O. The van der Waals surface area contributed by atoms with Gasteiger partial charge in [0.05, 0.1) is 19.7 Å². The van der Waals surface area contributed by atoms with Gasteiger partial charge in [-0.25, -0.2) is 0 Å². The first-order chi connectivity index (χ1) is 6.61. The molecule has 0 aromatic heterocycles. The van der Waals surface area contributed by atoms with E-state index in [1.165, 1.54) is 7.11 Å². The molecule has 0 aliphatic heterocycles. The maximum Gasteiger partial charge on any atom is 0.309 e. The number of nitrogens with two attached hydrogens (primary N) is 1. The Morgan fingerprint density at radius 1 is 1.57 bits per heavy atom. The average molecular weight is 202 g/mol. The second-order valence-corrected chi connectivity index (χ2v) is 2.53. The van der Waals surface area contributed by atoms with Gasteiger partial charge in [0, 0.05) is 6.42 Å².